The lowest BCUT2D eigenvalue weighted by molar-refractivity contribution is -0.117. The highest BCUT2D eigenvalue weighted by atomic mass is 32.2. The second kappa shape index (κ2) is 12.9. The summed E-state index contributed by atoms with van der Waals surface area (Å²) in [6.45, 7) is 5.56. The number of carbonyl (C=O) groups excluding carboxylic acids is 2. The number of carbonyl (C=O) groups is 2. The molecule has 3 N–H and O–H groups in total. The summed E-state index contributed by atoms with van der Waals surface area (Å²) < 4.78 is 77.7. The predicted molar refractivity (Wildman–Crippen MR) is 165 cm³/mol. The molecule has 0 bridgehead atoms. The van der Waals surface area contributed by atoms with E-state index >= 15 is 0 Å². The Labute approximate surface area is 255 Å². The van der Waals surface area contributed by atoms with E-state index in [9.17, 15) is 35.5 Å². The van der Waals surface area contributed by atoms with Gasteiger partial charge in [0.2, 0.25) is 0 Å². The van der Waals surface area contributed by atoms with Gasteiger partial charge < -0.3 is 19.4 Å². The lowest BCUT2D eigenvalue weighted by Gasteiger charge is -2.23. The number of fused-ring (bicyclic) bond motifs is 2. The molecule has 2 aromatic carbocycles. The van der Waals surface area contributed by atoms with E-state index in [2.05, 4.69) is 10.3 Å². The molecule has 44 heavy (non-hydrogen) atoms. The van der Waals surface area contributed by atoms with Gasteiger partial charge in [0.25, 0.3) is 26.1 Å². The number of hydrogen-bond donors (Lipinski definition) is 3. The Morgan fingerprint density at radius 2 is 1.61 bits per heavy atom. The minimum atomic E-state index is -4.99. The fraction of sp³-hybridized carbons (Fsp3) is 0.300. The quantitative estimate of drug-likeness (QED) is 0.155. The van der Waals surface area contributed by atoms with Crippen LogP contribution in [-0.4, -0.2) is 69.2 Å². The summed E-state index contributed by atoms with van der Waals surface area (Å²) in [6.07, 6.45) is 0.743. The number of ketones is 1. The highest BCUT2D eigenvalue weighted by Crippen LogP contribution is 2.46. The average Bonchev–Trinajstić information content (AvgIpc) is 2.94. The first-order chi connectivity index (χ1) is 20.7. The van der Waals surface area contributed by atoms with Gasteiger partial charge in [0.1, 0.15) is 5.78 Å². The van der Waals surface area contributed by atoms with Crippen LogP contribution in [-0.2, 0) is 25.0 Å². The van der Waals surface area contributed by atoms with E-state index in [0.29, 0.717) is 18.4 Å². The van der Waals surface area contributed by atoms with Crippen LogP contribution < -0.4 is 10.7 Å². The number of Topliss-reactive ketones (excluding diaryl/α,β-unsaturated/α-hetero) is 1. The maximum absolute atomic E-state index is 13.7. The highest BCUT2D eigenvalue weighted by Gasteiger charge is 2.32. The summed E-state index contributed by atoms with van der Waals surface area (Å²) in [5, 5.41) is 2.88. The minimum Gasteiger partial charge on any atom is -0.453 e. The maximum atomic E-state index is 13.7. The molecular formula is C30H33N3O9S2. The van der Waals surface area contributed by atoms with E-state index in [1.807, 2.05) is 0 Å². The Kier molecular flexibility index (Phi) is 9.59. The van der Waals surface area contributed by atoms with Gasteiger partial charge in [0, 0.05) is 55.2 Å². The topological polar surface area (TPSA) is 184 Å². The molecule has 0 atom stereocenters. The molecule has 1 aliphatic heterocycles. The minimum absolute atomic E-state index is 0.00563. The van der Waals surface area contributed by atoms with Crippen LogP contribution in [0.4, 0.5) is 5.69 Å². The predicted octanol–water partition coefficient (Wildman–Crippen LogP) is 4.49. The molecule has 14 heteroatoms. The number of hydrogen-bond acceptors (Lipinski definition) is 9. The number of rotatable bonds is 11. The number of anilines is 1. The molecule has 0 fully saturated rings. The molecule has 0 radical (unpaired) electrons. The van der Waals surface area contributed by atoms with Crippen molar-refractivity contribution in [2.24, 2.45) is 4.99 Å². The average molecular weight is 644 g/mol. The molecule has 0 spiro atoms. The number of benzene rings is 3. The van der Waals surface area contributed by atoms with E-state index < -0.39 is 47.3 Å². The van der Waals surface area contributed by atoms with Gasteiger partial charge in [-0.2, -0.15) is 16.8 Å². The van der Waals surface area contributed by atoms with Crippen molar-refractivity contribution in [3.63, 3.8) is 0 Å². The van der Waals surface area contributed by atoms with Crippen LogP contribution in [0.15, 0.2) is 67.7 Å². The Morgan fingerprint density at radius 3 is 2.23 bits per heavy atom. The van der Waals surface area contributed by atoms with Crippen molar-refractivity contribution in [1.82, 2.24) is 4.90 Å². The van der Waals surface area contributed by atoms with Crippen LogP contribution in [0.3, 0.4) is 0 Å². The van der Waals surface area contributed by atoms with Crippen LogP contribution >= 0.6 is 0 Å². The van der Waals surface area contributed by atoms with Crippen molar-refractivity contribution in [2.45, 2.75) is 43.4 Å². The lowest BCUT2D eigenvalue weighted by Crippen LogP contribution is -2.28. The van der Waals surface area contributed by atoms with E-state index in [4.69, 9.17) is 4.42 Å². The van der Waals surface area contributed by atoms with Gasteiger partial charge in [0.15, 0.2) is 21.1 Å². The largest absolute Gasteiger partial charge is 0.453 e. The van der Waals surface area contributed by atoms with Crippen molar-refractivity contribution >= 4 is 48.6 Å². The Hall–Kier alpha value is -4.11. The molecule has 2 aliphatic rings. The zero-order valence-corrected chi connectivity index (χ0v) is 26.3. The Balaban J connectivity index is 2.20. The zero-order valence-electron chi connectivity index (χ0n) is 24.6. The molecule has 0 unspecified atom stereocenters. The number of amides is 1. The summed E-state index contributed by atoms with van der Waals surface area (Å²) in [6, 6.07) is 12.4. The highest BCUT2D eigenvalue weighted by molar-refractivity contribution is 7.86. The van der Waals surface area contributed by atoms with Gasteiger partial charge in [-0.25, -0.2) is 0 Å². The van der Waals surface area contributed by atoms with E-state index in [1.54, 1.807) is 45.2 Å². The third kappa shape index (κ3) is 6.53. The SMILES string of the molecule is CC/N=c1\ccc2c(-c3ccccc3C(=O)N(C)CCCC(C)=O)c3ccc(NCC)c(S(=O)(=O)O)c3oc-2c1S(=O)(=O)O. The first kappa shape index (κ1) is 32.8. The molecule has 12 nitrogen and oxygen atoms in total. The molecule has 4 rings (SSSR count). The second-order valence-corrected chi connectivity index (χ2v) is 12.8. The fourth-order valence-corrected chi connectivity index (χ4v) is 6.73. The van der Waals surface area contributed by atoms with Crippen molar-refractivity contribution in [3.8, 4) is 22.5 Å². The van der Waals surface area contributed by atoms with Crippen LogP contribution in [0, 0.1) is 0 Å². The molecule has 0 saturated carbocycles. The van der Waals surface area contributed by atoms with E-state index in [0.717, 1.165) is 0 Å². The van der Waals surface area contributed by atoms with Gasteiger partial charge >= 0.3 is 0 Å². The lowest BCUT2D eigenvalue weighted by atomic mass is 9.90. The Bertz CT molecular complexity index is 2020. The van der Waals surface area contributed by atoms with E-state index in [-0.39, 0.29) is 58.5 Å². The van der Waals surface area contributed by atoms with E-state index in [1.165, 1.54) is 36.1 Å². The number of nitrogens with one attached hydrogen (secondary N) is 1. The second-order valence-electron chi connectivity index (χ2n) is 10.1. The van der Waals surface area contributed by atoms with Gasteiger partial charge in [-0.15, -0.1) is 0 Å². The zero-order chi connectivity index (χ0) is 32.4. The summed E-state index contributed by atoms with van der Waals surface area (Å²) in [7, 11) is -8.38. The summed E-state index contributed by atoms with van der Waals surface area (Å²) in [4.78, 5) is 29.5. The van der Waals surface area contributed by atoms with Crippen LogP contribution in [0.5, 0.6) is 0 Å². The third-order valence-corrected chi connectivity index (χ3v) is 8.79. The molecule has 1 heterocycles. The van der Waals surface area contributed by atoms with Crippen molar-refractivity contribution < 1.29 is 39.9 Å². The van der Waals surface area contributed by atoms with Crippen LogP contribution in [0.2, 0.25) is 0 Å². The normalized spacial score (nSPS) is 12.5. The third-order valence-electron chi connectivity index (χ3n) is 6.95. The van der Waals surface area contributed by atoms with Crippen LogP contribution in [0.25, 0.3) is 33.4 Å². The molecule has 2 aromatic rings. The fourth-order valence-electron chi connectivity index (χ4n) is 5.14. The Morgan fingerprint density at radius 1 is 0.932 bits per heavy atom. The molecular weight excluding hydrogens is 610 g/mol. The molecule has 0 saturated heterocycles. The standard InChI is InChI=1S/C30H33N3O9S2/c1-5-31-23-15-13-21-25(19-11-7-8-12-20(19)30(35)33(4)17-9-10-18(3)34)22-14-16-24(32-6-2)29(44(39,40)41)27(22)42-26(21)28(23)43(36,37)38/h7-8,11-16,31H,5-6,9-10,17H2,1-4H3,(H,36,37,38)(H,39,40,41)/b32-24+. The molecule has 0 aromatic heterocycles. The van der Waals surface area contributed by atoms with Crippen LogP contribution in [0.1, 0.15) is 44.0 Å². The van der Waals surface area contributed by atoms with Gasteiger partial charge in [-0.3, -0.25) is 18.9 Å². The van der Waals surface area contributed by atoms with Crippen molar-refractivity contribution in [1.29, 1.82) is 0 Å². The summed E-state index contributed by atoms with van der Waals surface area (Å²) in [5.74, 6) is -0.828. The van der Waals surface area contributed by atoms with Gasteiger partial charge in [-0.1, -0.05) is 18.2 Å². The monoisotopic (exact) mass is 643 g/mol. The van der Waals surface area contributed by atoms with Crippen molar-refractivity contribution in [2.75, 3.05) is 32.0 Å². The first-order valence-electron chi connectivity index (χ1n) is 13.8. The molecule has 1 amide bonds. The van der Waals surface area contributed by atoms with Gasteiger partial charge in [-0.05, 0) is 63.1 Å². The maximum Gasteiger partial charge on any atom is 0.300 e. The molecule has 1 aliphatic carbocycles. The van der Waals surface area contributed by atoms with Crippen molar-refractivity contribution in [3.05, 3.63) is 59.5 Å². The summed E-state index contributed by atoms with van der Waals surface area (Å²) in [5.41, 5.74) is 0.463. The summed E-state index contributed by atoms with van der Waals surface area (Å²) >= 11 is 0. The molecule has 234 valence electrons. The smallest absolute Gasteiger partial charge is 0.300 e. The number of nitrogens with zero attached hydrogens (tertiary/aromatic N) is 2. The van der Waals surface area contributed by atoms with Gasteiger partial charge in [0.05, 0.1) is 11.0 Å². The first-order valence-corrected chi connectivity index (χ1v) is 16.7.